The second-order valence-electron chi connectivity index (χ2n) is 2.14. The van der Waals surface area contributed by atoms with Crippen molar-refractivity contribution in [1.82, 2.24) is 4.98 Å². The molecule has 0 saturated carbocycles. The number of alkyl halides is 2. The molecule has 0 aliphatic heterocycles. The summed E-state index contributed by atoms with van der Waals surface area (Å²) in [6.07, 6.45) is -1.63. The number of methoxy groups -OCH3 is 1. The van der Waals surface area contributed by atoms with Crippen molar-refractivity contribution in [3.05, 3.63) is 21.9 Å². The fraction of sp³-hybridized carbons (Fsp3) is 0.286. The zero-order chi connectivity index (χ0) is 10.0. The van der Waals surface area contributed by atoms with Crippen molar-refractivity contribution in [1.29, 1.82) is 0 Å². The molecule has 13 heavy (non-hydrogen) atoms. The summed E-state index contributed by atoms with van der Waals surface area (Å²) in [6.45, 7) is 0. The molecule has 0 spiro atoms. The molecule has 0 radical (unpaired) electrons. The van der Waals surface area contributed by atoms with Gasteiger partial charge in [0.05, 0.1) is 18.3 Å². The molecule has 1 heterocycles. The minimum Gasteiger partial charge on any atom is -0.494 e. The van der Waals surface area contributed by atoms with Gasteiger partial charge in [-0.2, -0.15) is 0 Å². The van der Waals surface area contributed by atoms with Crippen molar-refractivity contribution in [2.24, 2.45) is 0 Å². The Labute approximate surface area is 83.4 Å². The molecule has 2 nitrogen and oxygen atoms in total. The van der Waals surface area contributed by atoms with Gasteiger partial charge in [-0.25, -0.2) is 13.8 Å². The third-order valence-corrected chi connectivity index (χ3v) is 2.24. The minimum atomic E-state index is -2.74. The van der Waals surface area contributed by atoms with Crippen LogP contribution in [0, 0.1) is 0 Å². The quantitative estimate of drug-likeness (QED) is 0.774. The highest BCUT2D eigenvalue weighted by molar-refractivity contribution is 6.43. The lowest BCUT2D eigenvalue weighted by Crippen LogP contribution is -1.94. The van der Waals surface area contributed by atoms with Crippen LogP contribution in [0.15, 0.2) is 6.20 Å². The number of rotatable bonds is 2. The zero-order valence-electron chi connectivity index (χ0n) is 6.52. The summed E-state index contributed by atoms with van der Waals surface area (Å²) < 4.78 is 29.1. The third kappa shape index (κ3) is 2.00. The molecule has 0 unspecified atom stereocenters. The standard InChI is InChI=1S/C7H5Cl2F2NO/c1-13-3-2-12-6(7(10)11)5(9)4(3)8/h2,7H,1H3. The molecule has 6 heteroatoms. The first-order chi connectivity index (χ1) is 6.07. The summed E-state index contributed by atoms with van der Waals surface area (Å²) in [5, 5.41) is -0.314. The Morgan fingerprint density at radius 1 is 1.38 bits per heavy atom. The molecular weight excluding hydrogens is 223 g/mol. The number of hydrogen-bond acceptors (Lipinski definition) is 2. The molecule has 0 bridgehead atoms. The highest BCUT2D eigenvalue weighted by Crippen LogP contribution is 2.36. The van der Waals surface area contributed by atoms with E-state index in [2.05, 4.69) is 4.98 Å². The number of pyridine rings is 1. The first-order valence-electron chi connectivity index (χ1n) is 3.24. The van der Waals surface area contributed by atoms with Gasteiger partial charge in [0.2, 0.25) is 0 Å². The van der Waals surface area contributed by atoms with Crippen LogP contribution in [0.4, 0.5) is 8.78 Å². The maximum absolute atomic E-state index is 12.2. The Bertz CT molecular complexity index is 320. The number of ether oxygens (including phenoxy) is 1. The van der Waals surface area contributed by atoms with E-state index in [1.165, 1.54) is 7.11 Å². The molecule has 0 N–H and O–H groups in total. The second-order valence-corrected chi connectivity index (χ2v) is 2.90. The Kier molecular flexibility index (Phi) is 3.27. The molecule has 0 amide bonds. The Hall–Kier alpha value is -0.610. The molecule has 0 atom stereocenters. The van der Waals surface area contributed by atoms with Crippen LogP contribution >= 0.6 is 23.2 Å². The van der Waals surface area contributed by atoms with Gasteiger partial charge in [0.15, 0.2) is 5.75 Å². The van der Waals surface area contributed by atoms with Gasteiger partial charge in [0.1, 0.15) is 10.7 Å². The smallest absolute Gasteiger partial charge is 0.281 e. The average Bonchev–Trinajstić information content (AvgIpc) is 2.09. The van der Waals surface area contributed by atoms with E-state index in [9.17, 15) is 8.78 Å². The first kappa shape index (κ1) is 10.5. The van der Waals surface area contributed by atoms with Gasteiger partial charge in [-0.1, -0.05) is 23.2 Å². The zero-order valence-corrected chi connectivity index (χ0v) is 8.03. The Balaban J connectivity index is 3.23. The van der Waals surface area contributed by atoms with Crippen LogP contribution in [0.3, 0.4) is 0 Å². The molecule has 0 saturated heterocycles. The van der Waals surface area contributed by atoms with E-state index in [-0.39, 0.29) is 15.8 Å². The Morgan fingerprint density at radius 3 is 2.46 bits per heavy atom. The first-order valence-corrected chi connectivity index (χ1v) is 3.99. The fourth-order valence-corrected chi connectivity index (χ4v) is 1.20. The number of halogens is 4. The van der Waals surface area contributed by atoms with Crippen LogP contribution in [0.2, 0.25) is 10.0 Å². The lowest BCUT2D eigenvalue weighted by molar-refractivity contribution is 0.146. The predicted octanol–water partition coefficient (Wildman–Crippen LogP) is 3.33. The van der Waals surface area contributed by atoms with Crippen LogP contribution in [-0.2, 0) is 0 Å². The van der Waals surface area contributed by atoms with Crippen molar-refractivity contribution in [3.8, 4) is 5.75 Å². The Morgan fingerprint density at radius 2 is 2.00 bits per heavy atom. The van der Waals surface area contributed by atoms with Crippen molar-refractivity contribution in [2.75, 3.05) is 7.11 Å². The van der Waals surface area contributed by atoms with Gasteiger partial charge >= 0.3 is 0 Å². The highest BCUT2D eigenvalue weighted by atomic mass is 35.5. The summed E-state index contributed by atoms with van der Waals surface area (Å²) in [7, 11) is 1.35. The van der Waals surface area contributed by atoms with E-state index in [0.717, 1.165) is 6.20 Å². The minimum absolute atomic E-state index is 0.0468. The van der Waals surface area contributed by atoms with Gasteiger partial charge in [-0.05, 0) is 0 Å². The maximum atomic E-state index is 12.2. The molecule has 72 valence electrons. The normalized spacial score (nSPS) is 10.6. The van der Waals surface area contributed by atoms with Gasteiger partial charge in [-0.3, -0.25) is 0 Å². The monoisotopic (exact) mass is 227 g/mol. The van der Waals surface area contributed by atoms with E-state index in [0.29, 0.717) is 0 Å². The van der Waals surface area contributed by atoms with Crippen LogP contribution in [0.25, 0.3) is 0 Å². The number of hydrogen-bond donors (Lipinski definition) is 0. The second kappa shape index (κ2) is 4.07. The molecule has 0 aliphatic carbocycles. The predicted molar refractivity (Wildman–Crippen MR) is 45.8 cm³/mol. The van der Waals surface area contributed by atoms with Crippen molar-refractivity contribution in [2.45, 2.75) is 6.43 Å². The lowest BCUT2D eigenvalue weighted by Gasteiger charge is -2.07. The molecule has 0 aromatic carbocycles. The van der Waals surface area contributed by atoms with Crippen LogP contribution < -0.4 is 4.74 Å². The fourth-order valence-electron chi connectivity index (χ4n) is 0.757. The number of aromatic nitrogens is 1. The molecule has 1 aromatic rings. The van der Waals surface area contributed by atoms with Crippen molar-refractivity contribution >= 4 is 23.2 Å². The maximum Gasteiger partial charge on any atom is 0.281 e. The van der Waals surface area contributed by atoms with E-state index in [4.69, 9.17) is 27.9 Å². The van der Waals surface area contributed by atoms with Crippen LogP contribution in [-0.4, -0.2) is 12.1 Å². The van der Waals surface area contributed by atoms with E-state index >= 15 is 0 Å². The average molecular weight is 228 g/mol. The molecule has 1 aromatic heterocycles. The van der Waals surface area contributed by atoms with Gasteiger partial charge < -0.3 is 4.74 Å². The SMILES string of the molecule is COc1cnc(C(F)F)c(Cl)c1Cl. The van der Waals surface area contributed by atoms with E-state index < -0.39 is 12.1 Å². The highest BCUT2D eigenvalue weighted by Gasteiger charge is 2.18. The van der Waals surface area contributed by atoms with E-state index in [1.54, 1.807) is 0 Å². The van der Waals surface area contributed by atoms with Crippen molar-refractivity contribution < 1.29 is 13.5 Å². The molecule has 0 aliphatic rings. The largest absolute Gasteiger partial charge is 0.494 e. The summed E-state index contributed by atoms with van der Waals surface area (Å²) in [4.78, 5) is 3.42. The number of nitrogens with zero attached hydrogens (tertiary/aromatic N) is 1. The molecular formula is C7H5Cl2F2NO. The lowest BCUT2D eigenvalue weighted by atomic mass is 10.3. The van der Waals surface area contributed by atoms with E-state index in [1.807, 2.05) is 0 Å². The third-order valence-electron chi connectivity index (χ3n) is 1.38. The van der Waals surface area contributed by atoms with Gasteiger partial charge in [-0.15, -0.1) is 0 Å². The summed E-state index contributed by atoms with van der Waals surface area (Å²) >= 11 is 11.1. The topological polar surface area (TPSA) is 22.1 Å². The van der Waals surface area contributed by atoms with Crippen molar-refractivity contribution in [3.63, 3.8) is 0 Å². The summed E-state index contributed by atoms with van der Waals surface area (Å²) in [5.74, 6) is 0.177. The van der Waals surface area contributed by atoms with Gasteiger partial charge in [0.25, 0.3) is 6.43 Å². The molecule has 1 rings (SSSR count). The van der Waals surface area contributed by atoms with Crippen LogP contribution in [0.5, 0.6) is 5.75 Å². The summed E-state index contributed by atoms with van der Waals surface area (Å²) in [5.41, 5.74) is -0.535. The molecule has 0 fully saturated rings. The van der Waals surface area contributed by atoms with Gasteiger partial charge in [0, 0.05) is 0 Å². The summed E-state index contributed by atoms with van der Waals surface area (Å²) in [6, 6.07) is 0. The van der Waals surface area contributed by atoms with Crippen LogP contribution in [0.1, 0.15) is 12.1 Å².